The molecule has 0 bridgehead atoms. The van der Waals surface area contributed by atoms with Crippen molar-refractivity contribution in [1.29, 1.82) is 0 Å². The number of rotatable bonds is 17. The summed E-state index contributed by atoms with van der Waals surface area (Å²) in [6, 6.07) is 7.07. The Kier molecular flexibility index (Phi) is 14.0. The van der Waals surface area contributed by atoms with Gasteiger partial charge in [-0.05, 0) is 69.1 Å². The topological polar surface area (TPSA) is 159 Å². The van der Waals surface area contributed by atoms with Crippen molar-refractivity contribution >= 4 is 35.4 Å². The minimum absolute atomic E-state index is 0.0717. The Bertz CT molecular complexity index is 1460. The summed E-state index contributed by atoms with van der Waals surface area (Å²) < 4.78 is 11.1. The lowest BCUT2D eigenvalue weighted by Gasteiger charge is -2.22. The average molecular weight is 656 g/mol. The number of H-pyrrole nitrogens is 1. The van der Waals surface area contributed by atoms with Crippen molar-refractivity contribution in [2.24, 2.45) is 5.92 Å². The number of nitrogens with one attached hydrogen (secondary N) is 5. The van der Waals surface area contributed by atoms with Gasteiger partial charge in [-0.3, -0.25) is 14.4 Å². The monoisotopic (exact) mass is 655 g/mol. The summed E-state index contributed by atoms with van der Waals surface area (Å²) in [6.45, 7) is 9.75. The molecule has 2 heterocycles. The van der Waals surface area contributed by atoms with Crippen LogP contribution in [0, 0.1) is 12.8 Å². The molecule has 0 aliphatic heterocycles. The molecular formula is C33H46ClN7O5. The Morgan fingerprint density at radius 1 is 1.00 bits per heavy atom. The first-order chi connectivity index (χ1) is 22.0. The van der Waals surface area contributed by atoms with Gasteiger partial charge >= 0.3 is 11.9 Å². The van der Waals surface area contributed by atoms with Crippen molar-refractivity contribution in [2.75, 3.05) is 32.6 Å². The van der Waals surface area contributed by atoms with E-state index in [0.29, 0.717) is 46.3 Å². The average Bonchev–Trinajstić information content (AvgIpc) is 3.53. The van der Waals surface area contributed by atoms with Crippen LogP contribution in [0.2, 0.25) is 5.02 Å². The van der Waals surface area contributed by atoms with Crippen LogP contribution in [-0.2, 0) is 19.1 Å². The SMILES string of the molecule is CC[C@H](COC(=O)[C@@H](NC)C(C)C)Nc1ncc(C)c(-c2c[nH]c(C(=O)N[C@H](COC(=O)[C@H](CC)NC)c3cccc(Cl)c3)c2)n1. The predicted molar refractivity (Wildman–Crippen MR) is 179 cm³/mol. The van der Waals surface area contributed by atoms with E-state index >= 15 is 0 Å². The zero-order valence-electron chi connectivity index (χ0n) is 27.6. The van der Waals surface area contributed by atoms with Gasteiger partial charge in [0, 0.05) is 23.0 Å². The highest BCUT2D eigenvalue weighted by Crippen LogP contribution is 2.24. The van der Waals surface area contributed by atoms with E-state index in [1.54, 1.807) is 50.8 Å². The number of ether oxygens (including phenoxy) is 2. The maximum Gasteiger partial charge on any atom is 0.323 e. The number of carbonyl (C=O) groups is 3. The Hall–Kier alpha value is -4.00. The molecule has 46 heavy (non-hydrogen) atoms. The quantitative estimate of drug-likeness (QED) is 0.132. The normalized spacial score (nSPS) is 13.8. The molecule has 5 N–H and O–H groups in total. The smallest absolute Gasteiger partial charge is 0.323 e. The van der Waals surface area contributed by atoms with Crippen LogP contribution >= 0.6 is 11.6 Å². The lowest BCUT2D eigenvalue weighted by atomic mass is 10.1. The van der Waals surface area contributed by atoms with Crippen LogP contribution in [0.4, 0.5) is 5.95 Å². The Labute approximate surface area is 275 Å². The van der Waals surface area contributed by atoms with Crippen molar-refractivity contribution < 1.29 is 23.9 Å². The molecule has 0 fully saturated rings. The molecule has 0 spiro atoms. The van der Waals surface area contributed by atoms with Crippen LogP contribution in [0.25, 0.3) is 11.3 Å². The zero-order valence-corrected chi connectivity index (χ0v) is 28.3. The maximum absolute atomic E-state index is 13.4. The van der Waals surface area contributed by atoms with Crippen LogP contribution in [-0.4, -0.2) is 78.2 Å². The van der Waals surface area contributed by atoms with E-state index in [1.165, 1.54) is 0 Å². The summed E-state index contributed by atoms with van der Waals surface area (Å²) in [7, 11) is 3.43. The number of likely N-dealkylation sites (N-methyl/N-ethyl adjacent to an activating group) is 2. The lowest BCUT2D eigenvalue weighted by Crippen LogP contribution is -2.41. The second kappa shape index (κ2) is 17.6. The second-order valence-electron chi connectivity index (χ2n) is 11.4. The van der Waals surface area contributed by atoms with Gasteiger partial charge in [-0.1, -0.05) is 51.4 Å². The van der Waals surface area contributed by atoms with E-state index in [-0.39, 0.29) is 37.2 Å². The number of hydrogen-bond donors (Lipinski definition) is 5. The molecule has 250 valence electrons. The van der Waals surface area contributed by atoms with Crippen molar-refractivity contribution in [3.05, 3.63) is 64.6 Å². The third kappa shape index (κ3) is 10.0. The van der Waals surface area contributed by atoms with Gasteiger partial charge in [0.25, 0.3) is 5.91 Å². The van der Waals surface area contributed by atoms with Crippen LogP contribution in [0.15, 0.2) is 42.7 Å². The standard InChI is InChI=1S/C33H46ClN7O5/c1-8-24(17-45-32(44)28(36-7)19(3)4)39-33-38-15-20(5)29(41-33)22-14-26(37-16-22)30(42)40-27(21-11-10-12-23(34)13-21)18-46-31(43)25(9-2)35-6/h10-16,19,24-25,27-28,35-37H,8-9,17-18H2,1-7H3,(H,40,42)(H,38,39,41)/t24-,25+,27-,28+/m1/s1. The third-order valence-electron chi connectivity index (χ3n) is 7.65. The molecule has 2 aromatic heterocycles. The van der Waals surface area contributed by atoms with E-state index in [2.05, 4.69) is 31.2 Å². The van der Waals surface area contributed by atoms with E-state index in [9.17, 15) is 14.4 Å². The summed E-state index contributed by atoms with van der Waals surface area (Å²) in [4.78, 5) is 50.6. The predicted octanol–water partition coefficient (Wildman–Crippen LogP) is 4.42. The number of hydrogen-bond acceptors (Lipinski definition) is 10. The molecule has 4 atom stereocenters. The van der Waals surface area contributed by atoms with Gasteiger partial charge in [0.15, 0.2) is 0 Å². The van der Waals surface area contributed by atoms with E-state index in [0.717, 1.165) is 5.56 Å². The van der Waals surface area contributed by atoms with E-state index in [4.69, 9.17) is 26.1 Å². The summed E-state index contributed by atoms with van der Waals surface area (Å²) in [5.74, 6) is -0.635. The van der Waals surface area contributed by atoms with Crippen LogP contribution in [0.3, 0.4) is 0 Å². The van der Waals surface area contributed by atoms with Crippen LogP contribution < -0.4 is 21.3 Å². The van der Waals surface area contributed by atoms with Crippen molar-refractivity contribution in [2.45, 2.75) is 71.6 Å². The first-order valence-corrected chi connectivity index (χ1v) is 15.9. The minimum Gasteiger partial charge on any atom is -0.462 e. The highest BCUT2D eigenvalue weighted by Gasteiger charge is 2.24. The van der Waals surface area contributed by atoms with Crippen molar-refractivity contribution in [3.8, 4) is 11.3 Å². The Balaban J connectivity index is 1.74. The molecule has 1 amide bonds. The van der Waals surface area contributed by atoms with Crippen molar-refractivity contribution in [1.82, 2.24) is 30.9 Å². The lowest BCUT2D eigenvalue weighted by molar-refractivity contribution is -0.148. The van der Waals surface area contributed by atoms with Crippen LogP contribution in [0.5, 0.6) is 0 Å². The number of aromatic amines is 1. The fraction of sp³-hybridized carbons (Fsp3) is 0.485. The number of esters is 2. The first kappa shape index (κ1) is 36.5. The summed E-state index contributed by atoms with van der Waals surface area (Å²) in [5.41, 5.74) is 3.12. The number of amides is 1. The molecule has 3 rings (SSSR count). The molecule has 0 saturated heterocycles. The number of anilines is 1. The largest absolute Gasteiger partial charge is 0.462 e. The van der Waals surface area contributed by atoms with Gasteiger partial charge in [-0.25, -0.2) is 9.97 Å². The molecule has 0 saturated carbocycles. The van der Waals surface area contributed by atoms with Gasteiger partial charge in [0.05, 0.1) is 17.8 Å². The molecular weight excluding hydrogens is 610 g/mol. The molecule has 0 aliphatic rings. The maximum atomic E-state index is 13.4. The van der Waals surface area contributed by atoms with E-state index < -0.39 is 24.0 Å². The number of aromatic nitrogens is 3. The van der Waals surface area contributed by atoms with Crippen molar-refractivity contribution in [3.63, 3.8) is 0 Å². The van der Waals surface area contributed by atoms with Gasteiger partial charge < -0.3 is 35.7 Å². The number of benzene rings is 1. The van der Waals surface area contributed by atoms with Gasteiger partial charge in [-0.2, -0.15) is 0 Å². The minimum atomic E-state index is -0.642. The summed E-state index contributed by atoms with van der Waals surface area (Å²) >= 11 is 6.22. The molecule has 3 aromatic rings. The number of aryl methyl sites for hydroxylation is 1. The number of nitrogens with zero attached hydrogens (tertiary/aromatic N) is 2. The fourth-order valence-corrected chi connectivity index (χ4v) is 5.04. The second-order valence-corrected chi connectivity index (χ2v) is 11.8. The van der Waals surface area contributed by atoms with Crippen LogP contribution in [0.1, 0.15) is 68.2 Å². The zero-order chi connectivity index (χ0) is 33.8. The third-order valence-corrected chi connectivity index (χ3v) is 7.88. The molecule has 0 radical (unpaired) electrons. The first-order valence-electron chi connectivity index (χ1n) is 15.5. The highest BCUT2D eigenvalue weighted by molar-refractivity contribution is 6.30. The molecule has 12 nitrogen and oxygen atoms in total. The van der Waals surface area contributed by atoms with Gasteiger partial charge in [-0.15, -0.1) is 0 Å². The molecule has 1 aromatic carbocycles. The van der Waals surface area contributed by atoms with Gasteiger partial charge in [0.1, 0.15) is 31.0 Å². The van der Waals surface area contributed by atoms with E-state index in [1.807, 2.05) is 40.7 Å². The molecule has 0 unspecified atom stereocenters. The molecule has 0 aliphatic carbocycles. The number of halogens is 1. The summed E-state index contributed by atoms with van der Waals surface area (Å²) in [6.07, 6.45) is 4.64. The van der Waals surface area contributed by atoms with Gasteiger partial charge in [0.2, 0.25) is 5.95 Å². The molecule has 13 heteroatoms. The Morgan fingerprint density at radius 3 is 2.37 bits per heavy atom. The fourth-order valence-electron chi connectivity index (χ4n) is 4.84. The Morgan fingerprint density at radius 2 is 1.74 bits per heavy atom. The highest BCUT2D eigenvalue weighted by atomic mass is 35.5. The summed E-state index contributed by atoms with van der Waals surface area (Å²) in [5, 5.41) is 12.6. The number of carbonyl (C=O) groups excluding carboxylic acids is 3.